The van der Waals surface area contributed by atoms with E-state index in [-0.39, 0.29) is 6.61 Å². The molecule has 2 amide bonds. The van der Waals surface area contributed by atoms with Gasteiger partial charge in [0.05, 0.1) is 13.7 Å². The Kier molecular flexibility index (Phi) is 6.61. The van der Waals surface area contributed by atoms with E-state index in [9.17, 15) is 9.59 Å². The van der Waals surface area contributed by atoms with Crippen molar-refractivity contribution >= 4 is 23.6 Å². The molecule has 0 aliphatic carbocycles. The molecule has 0 atom stereocenters. The lowest BCUT2D eigenvalue weighted by Crippen LogP contribution is -2.16. The Labute approximate surface area is 123 Å². The van der Waals surface area contributed by atoms with E-state index in [1.165, 1.54) is 7.11 Å². The largest absolute Gasteiger partial charge is 0.453 e. The number of anilines is 2. The minimum atomic E-state index is -0.582. The van der Waals surface area contributed by atoms with E-state index < -0.39 is 12.2 Å². The molecular weight excluding hydrogens is 272 g/mol. The maximum Gasteiger partial charge on any atom is 0.411 e. The first-order chi connectivity index (χ1) is 10.1. The number of aryl methyl sites for hydroxylation is 1. The SMILES string of the molecule is C#CCCCOC(=O)Nc1cc(NC(=O)OC)ccc1C. The first-order valence-electron chi connectivity index (χ1n) is 6.39. The van der Waals surface area contributed by atoms with Crippen LogP contribution in [0.15, 0.2) is 18.2 Å². The van der Waals surface area contributed by atoms with E-state index in [0.29, 0.717) is 24.2 Å². The molecule has 0 heterocycles. The predicted octanol–water partition coefficient (Wildman–Crippen LogP) is 3.14. The third-order valence-electron chi connectivity index (χ3n) is 2.60. The molecule has 6 nitrogen and oxygen atoms in total. The number of hydrogen-bond donors (Lipinski definition) is 2. The molecule has 0 fully saturated rings. The molecule has 0 aliphatic rings. The fourth-order valence-electron chi connectivity index (χ4n) is 1.49. The van der Waals surface area contributed by atoms with Gasteiger partial charge in [0.1, 0.15) is 0 Å². The number of benzene rings is 1. The number of terminal acetylenes is 1. The molecule has 0 saturated carbocycles. The van der Waals surface area contributed by atoms with Crippen LogP contribution in [0.1, 0.15) is 18.4 Å². The summed E-state index contributed by atoms with van der Waals surface area (Å²) in [7, 11) is 1.27. The van der Waals surface area contributed by atoms with Crippen LogP contribution in [-0.4, -0.2) is 25.9 Å². The molecule has 0 spiro atoms. The average Bonchev–Trinajstić information content (AvgIpc) is 2.47. The summed E-state index contributed by atoms with van der Waals surface area (Å²) in [5, 5.41) is 5.13. The Balaban J connectivity index is 2.61. The molecule has 112 valence electrons. The predicted molar refractivity (Wildman–Crippen MR) is 80.2 cm³/mol. The van der Waals surface area contributed by atoms with E-state index in [2.05, 4.69) is 21.3 Å². The van der Waals surface area contributed by atoms with Gasteiger partial charge < -0.3 is 9.47 Å². The van der Waals surface area contributed by atoms with Crippen LogP contribution in [0.4, 0.5) is 21.0 Å². The second kappa shape index (κ2) is 8.48. The van der Waals surface area contributed by atoms with E-state index in [1.807, 2.05) is 6.92 Å². The summed E-state index contributed by atoms with van der Waals surface area (Å²) in [6.07, 6.45) is 5.14. The standard InChI is InChI=1S/C15H18N2O4/c1-4-5-6-9-21-15(19)17-13-10-12(8-7-11(13)2)16-14(18)20-3/h1,7-8,10H,5-6,9H2,2-3H3,(H,16,18)(H,17,19). The van der Waals surface area contributed by atoms with Crippen molar-refractivity contribution < 1.29 is 19.1 Å². The highest BCUT2D eigenvalue weighted by Crippen LogP contribution is 2.20. The quantitative estimate of drug-likeness (QED) is 0.645. The second-order valence-corrected chi connectivity index (χ2v) is 4.21. The van der Waals surface area contributed by atoms with Crippen molar-refractivity contribution in [2.24, 2.45) is 0 Å². The fourth-order valence-corrected chi connectivity index (χ4v) is 1.49. The van der Waals surface area contributed by atoms with Gasteiger partial charge in [-0.25, -0.2) is 9.59 Å². The lowest BCUT2D eigenvalue weighted by atomic mass is 10.2. The zero-order chi connectivity index (χ0) is 15.7. The average molecular weight is 290 g/mol. The normalized spacial score (nSPS) is 9.38. The summed E-state index contributed by atoms with van der Waals surface area (Å²) in [4.78, 5) is 22.8. The molecule has 0 bridgehead atoms. The summed E-state index contributed by atoms with van der Waals surface area (Å²) in [5.41, 5.74) is 1.90. The van der Waals surface area contributed by atoms with Gasteiger partial charge in [0.25, 0.3) is 0 Å². The van der Waals surface area contributed by atoms with E-state index >= 15 is 0 Å². The van der Waals surface area contributed by atoms with Crippen molar-refractivity contribution in [1.82, 2.24) is 0 Å². The van der Waals surface area contributed by atoms with Crippen LogP contribution >= 0.6 is 0 Å². The van der Waals surface area contributed by atoms with Gasteiger partial charge in [-0.15, -0.1) is 12.3 Å². The molecule has 1 rings (SSSR count). The van der Waals surface area contributed by atoms with Gasteiger partial charge >= 0.3 is 12.2 Å². The van der Waals surface area contributed by atoms with Crippen LogP contribution in [-0.2, 0) is 9.47 Å². The molecule has 0 unspecified atom stereocenters. The van der Waals surface area contributed by atoms with Crippen molar-refractivity contribution in [3.63, 3.8) is 0 Å². The van der Waals surface area contributed by atoms with E-state index in [1.54, 1.807) is 18.2 Å². The highest BCUT2D eigenvalue weighted by atomic mass is 16.5. The molecule has 1 aromatic rings. The number of nitrogens with one attached hydrogen (secondary N) is 2. The molecule has 0 aromatic heterocycles. The van der Waals surface area contributed by atoms with Crippen molar-refractivity contribution in [3.05, 3.63) is 23.8 Å². The Morgan fingerprint density at radius 3 is 2.71 bits per heavy atom. The van der Waals surface area contributed by atoms with E-state index in [0.717, 1.165) is 5.56 Å². The monoisotopic (exact) mass is 290 g/mol. The fraction of sp³-hybridized carbons (Fsp3) is 0.333. The number of ether oxygens (including phenoxy) is 2. The summed E-state index contributed by atoms with van der Waals surface area (Å²) in [6, 6.07) is 5.09. The molecule has 2 N–H and O–H groups in total. The molecule has 0 radical (unpaired) electrons. The highest BCUT2D eigenvalue weighted by Gasteiger charge is 2.08. The lowest BCUT2D eigenvalue weighted by molar-refractivity contribution is 0.160. The van der Waals surface area contributed by atoms with Gasteiger partial charge in [0.2, 0.25) is 0 Å². The van der Waals surface area contributed by atoms with Gasteiger partial charge in [-0.1, -0.05) is 6.07 Å². The van der Waals surface area contributed by atoms with Crippen LogP contribution in [0, 0.1) is 19.3 Å². The number of methoxy groups -OCH3 is 1. The van der Waals surface area contributed by atoms with Gasteiger partial charge in [0, 0.05) is 17.8 Å². The van der Waals surface area contributed by atoms with Gasteiger partial charge in [-0.2, -0.15) is 0 Å². The second-order valence-electron chi connectivity index (χ2n) is 4.21. The van der Waals surface area contributed by atoms with Crippen molar-refractivity contribution in [1.29, 1.82) is 0 Å². The Bertz CT molecular complexity index is 549. The number of rotatable bonds is 5. The van der Waals surface area contributed by atoms with Gasteiger partial charge in [0.15, 0.2) is 0 Å². The van der Waals surface area contributed by atoms with Crippen LogP contribution in [0.2, 0.25) is 0 Å². The molecule has 1 aromatic carbocycles. The topological polar surface area (TPSA) is 76.7 Å². The Morgan fingerprint density at radius 2 is 2.05 bits per heavy atom. The van der Waals surface area contributed by atoms with Crippen LogP contribution in [0.3, 0.4) is 0 Å². The maximum absolute atomic E-state index is 11.6. The van der Waals surface area contributed by atoms with Crippen molar-refractivity contribution in [3.8, 4) is 12.3 Å². The zero-order valence-electron chi connectivity index (χ0n) is 12.1. The summed E-state index contributed by atoms with van der Waals surface area (Å²) < 4.78 is 9.49. The molecule has 6 heteroatoms. The Hall–Kier alpha value is -2.68. The minimum Gasteiger partial charge on any atom is -0.453 e. The van der Waals surface area contributed by atoms with Crippen LogP contribution in [0.5, 0.6) is 0 Å². The van der Waals surface area contributed by atoms with Gasteiger partial charge in [-0.05, 0) is 31.0 Å². The molecule has 0 saturated heterocycles. The zero-order valence-corrected chi connectivity index (χ0v) is 12.1. The number of carbonyl (C=O) groups excluding carboxylic acids is 2. The maximum atomic E-state index is 11.6. The summed E-state index contributed by atoms with van der Waals surface area (Å²) >= 11 is 0. The first-order valence-corrected chi connectivity index (χ1v) is 6.39. The Morgan fingerprint density at radius 1 is 1.29 bits per heavy atom. The first kappa shape index (κ1) is 16.4. The molecular formula is C15H18N2O4. The van der Waals surface area contributed by atoms with E-state index in [4.69, 9.17) is 11.2 Å². The number of unbranched alkanes of at least 4 members (excludes halogenated alkanes) is 1. The van der Waals surface area contributed by atoms with Gasteiger partial charge in [-0.3, -0.25) is 10.6 Å². The highest BCUT2D eigenvalue weighted by molar-refractivity contribution is 5.89. The smallest absolute Gasteiger partial charge is 0.411 e. The van der Waals surface area contributed by atoms with Crippen LogP contribution < -0.4 is 10.6 Å². The number of hydrogen-bond acceptors (Lipinski definition) is 4. The molecule has 21 heavy (non-hydrogen) atoms. The number of carbonyl (C=O) groups is 2. The lowest BCUT2D eigenvalue weighted by Gasteiger charge is -2.11. The minimum absolute atomic E-state index is 0.259. The summed E-state index contributed by atoms with van der Waals surface area (Å²) in [6.45, 7) is 2.09. The third kappa shape index (κ3) is 5.87. The number of amides is 2. The third-order valence-corrected chi connectivity index (χ3v) is 2.60. The molecule has 0 aliphatic heterocycles. The summed E-state index contributed by atoms with van der Waals surface area (Å²) in [5.74, 6) is 2.47. The van der Waals surface area contributed by atoms with Crippen LogP contribution in [0.25, 0.3) is 0 Å². The van der Waals surface area contributed by atoms with Crippen molar-refractivity contribution in [2.75, 3.05) is 24.4 Å². The van der Waals surface area contributed by atoms with Crippen molar-refractivity contribution in [2.45, 2.75) is 19.8 Å².